The third-order valence-electron chi connectivity index (χ3n) is 6.57. The standard InChI is InChI=1S/C25H20N4O8/c1-13(30)37-16-8-5-14(6-9-16)23(31)22-21-20(17-4-3-11-26-28(17)22)24(32)27(25(21)33)18-12-15(29(34)35)7-10-19(18)36-2/h3-12,17,20-22H,1-2H3/t17-,20-,21+,22-/m1/s1. The summed E-state index contributed by atoms with van der Waals surface area (Å²) in [4.78, 5) is 63.9. The summed E-state index contributed by atoms with van der Waals surface area (Å²) in [6.45, 7) is 1.25. The number of hydrogen-bond acceptors (Lipinski definition) is 10. The summed E-state index contributed by atoms with van der Waals surface area (Å²) in [6.07, 6.45) is 4.80. The Balaban J connectivity index is 1.55. The number of non-ortho nitro benzene ring substituents is 1. The lowest BCUT2D eigenvalue weighted by molar-refractivity contribution is -0.384. The van der Waals surface area contributed by atoms with E-state index in [4.69, 9.17) is 9.47 Å². The van der Waals surface area contributed by atoms with Gasteiger partial charge in [-0.15, -0.1) is 0 Å². The average molecular weight is 504 g/mol. The summed E-state index contributed by atoms with van der Waals surface area (Å²) in [7, 11) is 1.32. The van der Waals surface area contributed by atoms with Crippen LogP contribution in [-0.4, -0.2) is 58.9 Å². The summed E-state index contributed by atoms with van der Waals surface area (Å²) < 4.78 is 10.3. The van der Waals surface area contributed by atoms with Gasteiger partial charge >= 0.3 is 5.97 Å². The number of amides is 2. The van der Waals surface area contributed by atoms with Crippen LogP contribution in [0.25, 0.3) is 0 Å². The fourth-order valence-electron chi connectivity index (χ4n) is 5.07. The van der Waals surface area contributed by atoms with Gasteiger partial charge in [0, 0.05) is 30.8 Å². The van der Waals surface area contributed by atoms with Gasteiger partial charge in [0.1, 0.15) is 23.2 Å². The van der Waals surface area contributed by atoms with Crippen LogP contribution in [0.2, 0.25) is 0 Å². The highest BCUT2D eigenvalue weighted by atomic mass is 16.6. The van der Waals surface area contributed by atoms with Crippen molar-refractivity contribution in [2.75, 3.05) is 12.0 Å². The maximum Gasteiger partial charge on any atom is 0.308 e. The number of methoxy groups -OCH3 is 1. The van der Waals surface area contributed by atoms with E-state index in [0.717, 1.165) is 11.0 Å². The number of benzene rings is 2. The van der Waals surface area contributed by atoms with Gasteiger partial charge in [-0.3, -0.25) is 34.3 Å². The predicted octanol–water partition coefficient (Wildman–Crippen LogP) is 2.13. The number of fused-ring (bicyclic) bond motifs is 3. The molecule has 0 saturated carbocycles. The minimum atomic E-state index is -1.11. The van der Waals surface area contributed by atoms with Crippen LogP contribution < -0.4 is 14.4 Å². The third kappa shape index (κ3) is 3.82. The number of ether oxygens (including phenoxy) is 2. The van der Waals surface area contributed by atoms with Crippen molar-refractivity contribution in [1.29, 1.82) is 0 Å². The third-order valence-corrected chi connectivity index (χ3v) is 6.57. The number of hydrazone groups is 1. The zero-order valence-corrected chi connectivity index (χ0v) is 19.6. The van der Waals surface area contributed by atoms with Crippen LogP contribution in [0.3, 0.4) is 0 Å². The van der Waals surface area contributed by atoms with E-state index < -0.39 is 52.4 Å². The largest absolute Gasteiger partial charge is 0.495 e. The highest BCUT2D eigenvalue weighted by molar-refractivity contribution is 6.25. The molecule has 0 aromatic heterocycles. The summed E-state index contributed by atoms with van der Waals surface area (Å²) in [6, 6.07) is 7.70. The Morgan fingerprint density at radius 2 is 1.76 bits per heavy atom. The number of nitrogens with zero attached hydrogens (tertiary/aromatic N) is 4. The second kappa shape index (κ2) is 8.97. The Morgan fingerprint density at radius 3 is 2.41 bits per heavy atom. The lowest BCUT2D eigenvalue weighted by atomic mass is 9.86. The van der Waals surface area contributed by atoms with Gasteiger partial charge in [-0.2, -0.15) is 5.10 Å². The Bertz CT molecular complexity index is 1400. The van der Waals surface area contributed by atoms with E-state index in [2.05, 4.69) is 5.10 Å². The molecular weight excluding hydrogens is 484 g/mol. The van der Waals surface area contributed by atoms with Crippen molar-refractivity contribution in [1.82, 2.24) is 5.01 Å². The number of ketones is 1. The first-order valence-electron chi connectivity index (χ1n) is 11.2. The fourth-order valence-corrected chi connectivity index (χ4v) is 5.07. The molecule has 0 spiro atoms. The molecule has 3 aliphatic rings. The van der Waals surface area contributed by atoms with Crippen LogP contribution >= 0.6 is 0 Å². The van der Waals surface area contributed by atoms with Crippen molar-refractivity contribution in [3.63, 3.8) is 0 Å². The number of imide groups is 1. The topological polar surface area (TPSA) is 149 Å². The zero-order valence-electron chi connectivity index (χ0n) is 19.6. The number of Topliss-reactive ketones (excluding diaryl/α,β-unsaturated/α-hetero) is 1. The van der Waals surface area contributed by atoms with Gasteiger partial charge in [-0.1, -0.05) is 6.08 Å². The van der Waals surface area contributed by atoms with Crippen molar-refractivity contribution >= 4 is 41.2 Å². The number of allylic oxidation sites excluding steroid dienone is 1. The van der Waals surface area contributed by atoms with E-state index in [1.54, 1.807) is 12.2 Å². The Hall–Kier alpha value is -4.87. The van der Waals surface area contributed by atoms with Crippen molar-refractivity contribution in [3.05, 3.63) is 70.3 Å². The molecule has 188 valence electrons. The number of hydrogen-bond donors (Lipinski definition) is 0. The summed E-state index contributed by atoms with van der Waals surface area (Å²) in [5.41, 5.74) is -0.151. The van der Waals surface area contributed by atoms with Crippen LogP contribution in [-0.2, 0) is 14.4 Å². The molecule has 0 bridgehead atoms. The highest BCUT2D eigenvalue weighted by Crippen LogP contribution is 2.48. The molecule has 3 aliphatic heterocycles. The summed E-state index contributed by atoms with van der Waals surface area (Å²) in [5.74, 6) is -3.93. The maximum atomic E-state index is 13.8. The molecule has 2 amide bonds. The van der Waals surface area contributed by atoms with E-state index in [1.165, 1.54) is 61.7 Å². The SMILES string of the molecule is COc1ccc([N+](=O)[O-])cc1N1C(=O)[C@H]2[C@H](C1=O)[C@H](C(=O)c1ccc(OC(C)=O)cc1)N1N=CC=C[C@H]21. The van der Waals surface area contributed by atoms with Gasteiger partial charge in [0.05, 0.1) is 29.9 Å². The minimum Gasteiger partial charge on any atom is -0.495 e. The lowest BCUT2D eigenvalue weighted by Crippen LogP contribution is -2.46. The molecule has 37 heavy (non-hydrogen) atoms. The number of anilines is 1. The van der Waals surface area contributed by atoms with Gasteiger partial charge in [0.25, 0.3) is 5.69 Å². The first-order valence-corrected chi connectivity index (χ1v) is 11.2. The van der Waals surface area contributed by atoms with Gasteiger partial charge in [-0.05, 0) is 36.4 Å². The number of nitro groups is 1. The minimum absolute atomic E-state index is 0.0622. The van der Waals surface area contributed by atoms with Crippen LogP contribution in [0, 0.1) is 22.0 Å². The van der Waals surface area contributed by atoms with Crippen molar-refractivity contribution in [3.8, 4) is 11.5 Å². The summed E-state index contributed by atoms with van der Waals surface area (Å²) >= 11 is 0. The molecule has 0 N–H and O–H groups in total. The molecule has 0 aliphatic carbocycles. The second-order valence-electron chi connectivity index (χ2n) is 8.62. The van der Waals surface area contributed by atoms with Gasteiger partial charge in [0.2, 0.25) is 11.8 Å². The molecule has 3 heterocycles. The number of esters is 1. The Labute approximate surface area is 209 Å². The Kier molecular flexibility index (Phi) is 5.78. The number of carbonyl (C=O) groups excluding carboxylic acids is 4. The molecule has 2 fully saturated rings. The van der Waals surface area contributed by atoms with E-state index in [1.807, 2.05) is 0 Å². The van der Waals surface area contributed by atoms with E-state index in [-0.39, 0.29) is 28.4 Å². The molecular formula is C25H20N4O8. The maximum absolute atomic E-state index is 13.8. The molecule has 4 atom stereocenters. The highest BCUT2D eigenvalue weighted by Gasteiger charge is 2.64. The normalized spacial score (nSPS) is 23.6. The van der Waals surface area contributed by atoms with Crippen LogP contribution in [0.1, 0.15) is 17.3 Å². The van der Waals surface area contributed by atoms with E-state index in [0.29, 0.717) is 0 Å². The quantitative estimate of drug-likeness (QED) is 0.144. The van der Waals surface area contributed by atoms with Gasteiger partial charge in [-0.25, -0.2) is 4.90 Å². The number of nitro benzene ring substituents is 1. The monoisotopic (exact) mass is 504 g/mol. The smallest absolute Gasteiger partial charge is 0.308 e. The predicted molar refractivity (Wildman–Crippen MR) is 128 cm³/mol. The fraction of sp³-hybridized carbons (Fsp3) is 0.240. The molecule has 12 heteroatoms. The van der Waals surface area contributed by atoms with E-state index in [9.17, 15) is 29.3 Å². The molecule has 2 saturated heterocycles. The molecule has 2 aromatic carbocycles. The molecule has 5 rings (SSSR count). The average Bonchev–Trinajstić information content (AvgIpc) is 3.35. The van der Waals surface area contributed by atoms with Crippen molar-refractivity contribution < 1.29 is 33.6 Å². The first-order chi connectivity index (χ1) is 17.7. The summed E-state index contributed by atoms with van der Waals surface area (Å²) in [5, 5.41) is 17.1. The van der Waals surface area contributed by atoms with Crippen molar-refractivity contribution in [2.45, 2.75) is 19.0 Å². The lowest BCUT2D eigenvalue weighted by Gasteiger charge is -2.30. The number of rotatable bonds is 6. The molecule has 0 unspecified atom stereocenters. The Morgan fingerprint density at radius 1 is 1.05 bits per heavy atom. The zero-order chi connectivity index (χ0) is 26.4. The van der Waals surface area contributed by atoms with Crippen LogP contribution in [0.5, 0.6) is 11.5 Å². The molecule has 2 aromatic rings. The van der Waals surface area contributed by atoms with Gasteiger partial charge < -0.3 is 9.47 Å². The second-order valence-corrected chi connectivity index (χ2v) is 8.62. The molecule has 12 nitrogen and oxygen atoms in total. The molecule has 0 radical (unpaired) electrons. The van der Waals surface area contributed by atoms with Crippen LogP contribution in [0.15, 0.2) is 59.7 Å². The van der Waals surface area contributed by atoms with Crippen molar-refractivity contribution in [2.24, 2.45) is 16.9 Å². The van der Waals surface area contributed by atoms with Crippen LogP contribution in [0.4, 0.5) is 11.4 Å². The number of carbonyl (C=O) groups is 4. The first kappa shape index (κ1) is 23.9. The van der Waals surface area contributed by atoms with Gasteiger partial charge in [0.15, 0.2) is 5.78 Å². The van der Waals surface area contributed by atoms with E-state index >= 15 is 0 Å².